The predicted molar refractivity (Wildman–Crippen MR) is 86.6 cm³/mol. The summed E-state index contributed by atoms with van der Waals surface area (Å²) in [6, 6.07) is 6.00. The van der Waals surface area contributed by atoms with Crippen LogP contribution in [0.2, 0.25) is 0 Å². The molecule has 0 heterocycles. The fourth-order valence-corrected chi connectivity index (χ4v) is 2.42. The third-order valence-electron chi connectivity index (χ3n) is 2.84. The summed E-state index contributed by atoms with van der Waals surface area (Å²) in [6.45, 7) is 3.10. The van der Waals surface area contributed by atoms with Gasteiger partial charge in [0, 0.05) is 17.1 Å². The summed E-state index contributed by atoms with van der Waals surface area (Å²) in [7, 11) is 0. The van der Waals surface area contributed by atoms with Crippen molar-refractivity contribution >= 4 is 17.5 Å². The van der Waals surface area contributed by atoms with Crippen LogP contribution in [-0.2, 0) is 0 Å². The number of hydrogen-bond acceptors (Lipinski definition) is 7. The highest BCUT2D eigenvalue weighted by Crippen LogP contribution is 2.17. The number of aliphatic hydroxyl groups is 2. The van der Waals surface area contributed by atoms with Crippen LogP contribution in [0.4, 0.5) is 0 Å². The lowest BCUT2D eigenvalue weighted by molar-refractivity contribution is 0.0488. The van der Waals surface area contributed by atoms with Gasteiger partial charge in [0.15, 0.2) is 5.78 Å². The minimum Gasteiger partial charge on any atom is -0.493 e. The lowest BCUT2D eigenvalue weighted by atomic mass is 9.97. The molecule has 1 aromatic rings. The fraction of sp³-hybridized carbons (Fsp3) is 0.533. The van der Waals surface area contributed by atoms with Gasteiger partial charge in [-0.05, 0) is 38.1 Å². The molecule has 1 atom stereocenters. The van der Waals surface area contributed by atoms with Crippen molar-refractivity contribution in [3.05, 3.63) is 34.7 Å². The highest BCUT2D eigenvalue weighted by molar-refractivity contribution is 7.99. The summed E-state index contributed by atoms with van der Waals surface area (Å²) in [6.07, 6.45) is 0. The Morgan fingerprint density at radius 3 is 2.50 bits per heavy atom. The van der Waals surface area contributed by atoms with Gasteiger partial charge in [0.1, 0.15) is 17.4 Å². The van der Waals surface area contributed by atoms with Crippen LogP contribution in [0.15, 0.2) is 29.4 Å². The van der Waals surface area contributed by atoms with Crippen molar-refractivity contribution in [2.45, 2.75) is 25.5 Å². The summed E-state index contributed by atoms with van der Waals surface area (Å²) in [5.41, 5.74) is -0.966. The maximum Gasteiger partial charge on any atom is 0.193 e. The molecule has 0 saturated carbocycles. The van der Waals surface area contributed by atoms with Gasteiger partial charge in [0.2, 0.25) is 0 Å². The van der Waals surface area contributed by atoms with Gasteiger partial charge in [-0.1, -0.05) is 5.18 Å². The van der Waals surface area contributed by atoms with Gasteiger partial charge in [-0.25, -0.2) is 0 Å². The molecule has 0 bridgehead atoms. The van der Waals surface area contributed by atoms with Crippen LogP contribution < -0.4 is 4.74 Å². The van der Waals surface area contributed by atoms with Gasteiger partial charge < -0.3 is 14.9 Å². The van der Waals surface area contributed by atoms with E-state index in [0.29, 0.717) is 29.4 Å². The number of nitroso groups, excluding NO2 is 1. The first-order valence-electron chi connectivity index (χ1n) is 6.89. The molecule has 0 amide bonds. The number of ether oxygens (including phenoxy) is 1. The predicted octanol–water partition coefficient (Wildman–Crippen LogP) is 1.88. The van der Waals surface area contributed by atoms with Crippen molar-refractivity contribution in [2.24, 2.45) is 5.18 Å². The summed E-state index contributed by atoms with van der Waals surface area (Å²) in [5, 5.41) is 21.3. The molecule has 2 N–H and O–H groups in total. The van der Waals surface area contributed by atoms with Crippen molar-refractivity contribution < 1.29 is 19.7 Å². The summed E-state index contributed by atoms with van der Waals surface area (Å²) in [4.78, 5) is 22.1. The maximum absolute atomic E-state index is 11.8. The number of carbonyl (C=O) groups is 1. The Morgan fingerprint density at radius 2 is 2.00 bits per heavy atom. The number of benzene rings is 1. The summed E-state index contributed by atoms with van der Waals surface area (Å²) >= 11 is 1.48. The van der Waals surface area contributed by atoms with E-state index in [-0.39, 0.29) is 12.4 Å². The Kier molecular flexibility index (Phi) is 7.50. The summed E-state index contributed by atoms with van der Waals surface area (Å²) in [5.74, 6) is 1.41. The summed E-state index contributed by atoms with van der Waals surface area (Å²) < 4.78 is 5.51. The Bertz CT molecular complexity index is 484. The third kappa shape index (κ3) is 6.13. The number of carbonyl (C=O) groups excluding carboxylic acids is 1. The smallest absolute Gasteiger partial charge is 0.193 e. The number of Topliss-reactive ketones (excluding diaryl/α,β-unsaturated/α-hetero) is 1. The van der Waals surface area contributed by atoms with Crippen LogP contribution in [0.3, 0.4) is 0 Å². The quantitative estimate of drug-likeness (QED) is 0.387. The zero-order chi connectivity index (χ0) is 16.6. The Hall–Kier alpha value is -1.44. The normalized spacial score (nSPS) is 12.7. The van der Waals surface area contributed by atoms with Gasteiger partial charge in [-0.2, -0.15) is 16.7 Å². The van der Waals surface area contributed by atoms with Gasteiger partial charge in [-0.3, -0.25) is 4.79 Å². The molecule has 1 unspecified atom stereocenters. The van der Waals surface area contributed by atoms with E-state index < -0.39 is 11.6 Å². The second-order valence-corrected chi connectivity index (χ2v) is 6.43. The largest absolute Gasteiger partial charge is 0.493 e. The molecule has 0 radical (unpaired) electrons. The fourth-order valence-electron chi connectivity index (χ4n) is 1.61. The van der Waals surface area contributed by atoms with E-state index in [4.69, 9.17) is 9.84 Å². The molecule has 0 saturated heterocycles. The SMILES string of the molecule is CC(C)(O)C(=O)c1ccc(OCCSCC(CO)N=O)cc1. The number of thioether (sulfide) groups is 1. The number of ketones is 1. The molecule has 0 aromatic heterocycles. The van der Waals surface area contributed by atoms with Crippen LogP contribution >= 0.6 is 11.8 Å². The Morgan fingerprint density at radius 1 is 1.36 bits per heavy atom. The Balaban J connectivity index is 2.36. The standard InChI is InChI=1S/C15H21NO5S/c1-15(2,19)14(18)11-3-5-13(6-4-11)21-7-8-22-10-12(9-17)16-20/h3-6,12,17,19H,7-10H2,1-2H3. The monoisotopic (exact) mass is 327 g/mol. The molecule has 6 nitrogen and oxygen atoms in total. The van der Waals surface area contributed by atoms with Crippen molar-refractivity contribution in [3.63, 3.8) is 0 Å². The molecule has 0 aliphatic carbocycles. The molecule has 0 aliphatic rings. The van der Waals surface area contributed by atoms with Crippen LogP contribution in [-0.4, -0.2) is 52.4 Å². The number of hydrogen-bond donors (Lipinski definition) is 2. The van der Waals surface area contributed by atoms with E-state index in [0.717, 1.165) is 0 Å². The van der Waals surface area contributed by atoms with Crippen LogP contribution in [0.5, 0.6) is 5.75 Å². The van der Waals surface area contributed by atoms with Gasteiger partial charge in [-0.15, -0.1) is 0 Å². The second kappa shape index (κ2) is 8.87. The van der Waals surface area contributed by atoms with Crippen molar-refractivity contribution in [1.82, 2.24) is 0 Å². The minimum absolute atomic E-state index is 0.242. The zero-order valence-corrected chi connectivity index (χ0v) is 13.5. The van der Waals surface area contributed by atoms with Crippen LogP contribution in [0, 0.1) is 4.91 Å². The van der Waals surface area contributed by atoms with E-state index in [1.807, 2.05) is 0 Å². The average Bonchev–Trinajstić information content (AvgIpc) is 2.50. The molecular formula is C15H21NO5S. The average molecular weight is 327 g/mol. The zero-order valence-electron chi connectivity index (χ0n) is 12.7. The highest BCUT2D eigenvalue weighted by Gasteiger charge is 2.24. The van der Waals surface area contributed by atoms with Crippen molar-refractivity contribution in [3.8, 4) is 5.75 Å². The molecule has 7 heteroatoms. The highest BCUT2D eigenvalue weighted by atomic mass is 32.2. The molecule has 0 aliphatic heterocycles. The van der Waals surface area contributed by atoms with Crippen molar-refractivity contribution in [2.75, 3.05) is 24.7 Å². The molecular weight excluding hydrogens is 306 g/mol. The van der Waals surface area contributed by atoms with Gasteiger partial charge in [0.25, 0.3) is 0 Å². The van der Waals surface area contributed by atoms with Gasteiger partial charge >= 0.3 is 0 Å². The van der Waals surface area contributed by atoms with Crippen LogP contribution in [0.25, 0.3) is 0 Å². The molecule has 0 fully saturated rings. The maximum atomic E-state index is 11.8. The molecule has 0 spiro atoms. The lowest BCUT2D eigenvalue weighted by Crippen LogP contribution is -2.30. The number of rotatable bonds is 10. The molecule has 22 heavy (non-hydrogen) atoms. The first-order valence-corrected chi connectivity index (χ1v) is 8.05. The van der Waals surface area contributed by atoms with E-state index in [9.17, 15) is 14.8 Å². The van der Waals surface area contributed by atoms with Crippen LogP contribution in [0.1, 0.15) is 24.2 Å². The van der Waals surface area contributed by atoms with E-state index in [2.05, 4.69) is 5.18 Å². The van der Waals surface area contributed by atoms with E-state index in [1.54, 1.807) is 24.3 Å². The van der Waals surface area contributed by atoms with Crippen molar-refractivity contribution in [1.29, 1.82) is 0 Å². The van der Waals surface area contributed by atoms with Gasteiger partial charge in [0.05, 0.1) is 13.2 Å². The minimum atomic E-state index is -1.39. The second-order valence-electron chi connectivity index (χ2n) is 5.28. The lowest BCUT2D eigenvalue weighted by Gasteiger charge is -2.15. The number of aliphatic hydroxyl groups excluding tert-OH is 1. The van der Waals surface area contributed by atoms with E-state index in [1.165, 1.54) is 25.6 Å². The first-order chi connectivity index (χ1) is 10.4. The third-order valence-corrected chi connectivity index (χ3v) is 3.91. The first kappa shape index (κ1) is 18.6. The molecule has 1 aromatic carbocycles. The Labute approximate surface area is 133 Å². The topological polar surface area (TPSA) is 96.2 Å². The van der Waals surface area contributed by atoms with E-state index >= 15 is 0 Å². The number of nitrogens with zero attached hydrogens (tertiary/aromatic N) is 1. The molecule has 1 rings (SSSR count). The molecule has 122 valence electrons.